The Bertz CT molecular complexity index is 355. The van der Waals surface area contributed by atoms with E-state index in [1.54, 1.807) is 6.92 Å². The zero-order valence-corrected chi connectivity index (χ0v) is 9.86. The van der Waals surface area contributed by atoms with Crippen LogP contribution in [0, 0.1) is 0 Å². The first-order valence-electron chi connectivity index (χ1n) is 5.32. The first-order valence-corrected chi connectivity index (χ1v) is 5.32. The standard InChI is InChI=1S/C11H17N3O2/c1-4-5-9-6-10(13-7-12-9)14-8(2)11(15)16-3/h6-8H,4-5H2,1-3H3,(H,12,13,14). The molecule has 1 atom stereocenters. The van der Waals surface area contributed by atoms with Crippen molar-refractivity contribution in [3.05, 3.63) is 18.1 Å². The topological polar surface area (TPSA) is 64.1 Å². The average molecular weight is 223 g/mol. The van der Waals surface area contributed by atoms with E-state index in [0.717, 1.165) is 18.5 Å². The fourth-order valence-electron chi connectivity index (χ4n) is 1.33. The smallest absolute Gasteiger partial charge is 0.328 e. The molecule has 0 fully saturated rings. The van der Waals surface area contributed by atoms with Crippen LogP contribution in [-0.2, 0) is 16.0 Å². The fraction of sp³-hybridized carbons (Fsp3) is 0.545. The van der Waals surface area contributed by atoms with Crippen molar-refractivity contribution in [2.75, 3.05) is 12.4 Å². The number of hydrogen-bond acceptors (Lipinski definition) is 5. The van der Waals surface area contributed by atoms with Gasteiger partial charge < -0.3 is 10.1 Å². The number of hydrogen-bond donors (Lipinski definition) is 1. The van der Waals surface area contributed by atoms with Gasteiger partial charge in [-0.05, 0) is 13.3 Å². The number of carbonyl (C=O) groups excluding carboxylic acids is 1. The minimum atomic E-state index is -0.408. The summed E-state index contributed by atoms with van der Waals surface area (Å²) in [5, 5.41) is 2.97. The molecule has 0 aliphatic carbocycles. The van der Waals surface area contributed by atoms with Gasteiger partial charge in [0.05, 0.1) is 7.11 Å². The van der Waals surface area contributed by atoms with E-state index in [4.69, 9.17) is 0 Å². The van der Waals surface area contributed by atoms with Gasteiger partial charge in [-0.15, -0.1) is 0 Å². The Kier molecular flexibility index (Phi) is 4.69. The van der Waals surface area contributed by atoms with Gasteiger partial charge in [0, 0.05) is 11.8 Å². The largest absolute Gasteiger partial charge is 0.467 e. The number of ether oxygens (including phenoxy) is 1. The SMILES string of the molecule is CCCc1cc(NC(C)C(=O)OC)ncn1. The molecule has 5 nitrogen and oxygen atoms in total. The number of nitrogens with zero attached hydrogens (tertiary/aromatic N) is 2. The van der Waals surface area contributed by atoms with E-state index < -0.39 is 6.04 Å². The van der Waals surface area contributed by atoms with Gasteiger partial charge in [0.25, 0.3) is 0 Å². The van der Waals surface area contributed by atoms with Crippen LogP contribution in [0.2, 0.25) is 0 Å². The van der Waals surface area contributed by atoms with Gasteiger partial charge >= 0.3 is 5.97 Å². The van der Waals surface area contributed by atoms with Crippen molar-refractivity contribution >= 4 is 11.8 Å². The second-order valence-electron chi connectivity index (χ2n) is 3.53. The minimum absolute atomic E-state index is 0.310. The summed E-state index contributed by atoms with van der Waals surface area (Å²) in [6.07, 6.45) is 3.43. The highest BCUT2D eigenvalue weighted by Gasteiger charge is 2.13. The maximum atomic E-state index is 11.2. The lowest BCUT2D eigenvalue weighted by molar-refractivity contribution is -0.141. The molecule has 1 aromatic rings. The third kappa shape index (κ3) is 3.49. The molecule has 1 N–H and O–H groups in total. The van der Waals surface area contributed by atoms with E-state index in [1.165, 1.54) is 13.4 Å². The first kappa shape index (κ1) is 12.4. The van der Waals surface area contributed by atoms with Crippen LogP contribution in [0.15, 0.2) is 12.4 Å². The number of carbonyl (C=O) groups is 1. The number of aryl methyl sites for hydroxylation is 1. The molecule has 0 aliphatic heterocycles. The minimum Gasteiger partial charge on any atom is -0.467 e. The number of rotatable bonds is 5. The van der Waals surface area contributed by atoms with E-state index in [-0.39, 0.29) is 5.97 Å². The van der Waals surface area contributed by atoms with Gasteiger partial charge in [-0.25, -0.2) is 14.8 Å². The monoisotopic (exact) mass is 223 g/mol. The summed E-state index contributed by atoms with van der Waals surface area (Å²) in [7, 11) is 1.36. The number of aromatic nitrogens is 2. The van der Waals surface area contributed by atoms with Gasteiger partial charge in [0.2, 0.25) is 0 Å². The lowest BCUT2D eigenvalue weighted by Gasteiger charge is -2.12. The molecule has 1 unspecified atom stereocenters. The van der Waals surface area contributed by atoms with E-state index in [1.807, 2.05) is 6.07 Å². The van der Waals surface area contributed by atoms with Crippen molar-refractivity contribution in [2.45, 2.75) is 32.7 Å². The maximum Gasteiger partial charge on any atom is 0.328 e. The predicted molar refractivity (Wildman–Crippen MR) is 61.1 cm³/mol. The molecule has 0 aromatic carbocycles. The van der Waals surface area contributed by atoms with Crippen molar-refractivity contribution in [2.24, 2.45) is 0 Å². The Labute approximate surface area is 95.3 Å². The van der Waals surface area contributed by atoms with Gasteiger partial charge in [0.1, 0.15) is 18.2 Å². The number of esters is 1. The van der Waals surface area contributed by atoms with Crippen LogP contribution in [0.4, 0.5) is 5.82 Å². The van der Waals surface area contributed by atoms with Crippen LogP contribution in [0.5, 0.6) is 0 Å². The zero-order valence-electron chi connectivity index (χ0n) is 9.86. The highest BCUT2D eigenvalue weighted by Crippen LogP contribution is 2.07. The van der Waals surface area contributed by atoms with E-state index >= 15 is 0 Å². The second kappa shape index (κ2) is 6.05. The molecule has 1 heterocycles. The van der Waals surface area contributed by atoms with Gasteiger partial charge in [0.15, 0.2) is 0 Å². The third-order valence-corrected chi connectivity index (χ3v) is 2.15. The van der Waals surface area contributed by atoms with E-state index in [9.17, 15) is 4.79 Å². The second-order valence-corrected chi connectivity index (χ2v) is 3.53. The van der Waals surface area contributed by atoms with Crippen molar-refractivity contribution in [1.82, 2.24) is 9.97 Å². The average Bonchev–Trinajstić information content (AvgIpc) is 2.29. The molecule has 0 saturated carbocycles. The Morgan fingerprint density at radius 2 is 2.31 bits per heavy atom. The van der Waals surface area contributed by atoms with Crippen LogP contribution in [-0.4, -0.2) is 29.1 Å². The fourth-order valence-corrected chi connectivity index (χ4v) is 1.33. The summed E-state index contributed by atoms with van der Waals surface area (Å²) in [5.41, 5.74) is 0.970. The van der Waals surface area contributed by atoms with Crippen LogP contribution >= 0.6 is 0 Å². The lowest BCUT2D eigenvalue weighted by Crippen LogP contribution is -2.27. The summed E-state index contributed by atoms with van der Waals surface area (Å²) in [6, 6.07) is 1.44. The van der Waals surface area contributed by atoms with Gasteiger partial charge in [-0.2, -0.15) is 0 Å². The van der Waals surface area contributed by atoms with Gasteiger partial charge in [-0.3, -0.25) is 0 Å². The van der Waals surface area contributed by atoms with E-state index in [2.05, 4.69) is 26.9 Å². The summed E-state index contributed by atoms with van der Waals surface area (Å²) < 4.78 is 4.62. The zero-order chi connectivity index (χ0) is 12.0. The lowest BCUT2D eigenvalue weighted by atomic mass is 10.2. The molecule has 0 amide bonds. The summed E-state index contributed by atoms with van der Waals surface area (Å²) >= 11 is 0. The summed E-state index contributed by atoms with van der Waals surface area (Å²) in [5.74, 6) is 0.340. The van der Waals surface area contributed by atoms with Crippen molar-refractivity contribution in [1.29, 1.82) is 0 Å². The number of nitrogens with one attached hydrogen (secondary N) is 1. The molecule has 1 rings (SSSR count). The molecule has 0 radical (unpaired) electrons. The quantitative estimate of drug-likeness (QED) is 0.764. The molecule has 88 valence electrons. The molecular weight excluding hydrogens is 206 g/mol. The van der Waals surface area contributed by atoms with Crippen LogP contribution < -0.4 is 5.32 Å². The Morgan fingerprint density at radius 3 is 2.94 bits per heavy atom. The Balaban J connectivity index is 2.66. The van der Waals surface area contributed by atoms with Crippen LogP contribution in [0.3, 0.4) is 0 Å². The van der Waals surface area contributed by atoms with Crippen molar-refractivity contribution in [3.63, 3.8) is 0 Å². The Morgan fingerprint density at radius 1 is 1.56 bits per heavy atom. The maximum absolute atomic E-state index is 11.2. The molecule has 0 saturated heterocycles. The van der Waals surface area contributed by atoms with E-state index in [0.29, 0.717) is 5.82 Å². The molecule has 16 heavy (non-hydrogen) atoms. The Hall–Kier alpha value is -1.65. The number of methoxy groups -OCH3 is 1. The molecule has 0 spiro atoms. The molecular formula is C11H17N3O2. The highest BCUT2D eigenvalue weighted by atomic mass is 16.5. The molecule has 5 heteroatoms. The highest BCUT2D eigenvalue weighted by molar-refractivity contribution is 5.78. The molecule has 1 aromatic heterocycles. The third-order valence-electron chi connectivity index (χ3n) is 2.15. The predicted octanol–water partition coefficient (Wildman–Crippen LogP) is 1.40. The summed E-state index contributed by atoms with van der Waals surface area (Å²) in [4.78, 5) is 19.4. The van der Waals surface area contributed by atoms with Gasteiger partial charge in [-0.1, -0.05) is 13.3 Å². The molecule has 0 aliphatic rings. The summed E-state index contributed by atoms with van der Waals surface area (Å²) in [6.45, 7) is 3.82. The molecule has 0 bridgehead atoms. The number of anilines is 1. The van der Waals surface area contributed by atoms with Crippen molar-refractivity contribution < 1.29 is 9.53 Å². The van der Waals surface area contributed by atoms with Crippen LogP contribution in [0.25, 0.3) is 0 Å². The normalized spacial score (nSPS) is 11.9. The first-order chi connectivity index (χ1) is 7.67. The van der Waals surface area contributed by atoms with Crippen molar-refractivity contribution in [3.8, 4) is 0 Å². The van der Waals surface area contributed by atoms with Crippen LogP contribution in [0.1, 0.15) is 26.0 Å².